The van der Waals surface area contributed by atoms with E-state index in [1.165, 1.54) is 5.56 Å². The molecule has 3 rings (SSSR count). The van der Waals surface area contributed by atoms with Crippen molar-refractivity contribution < 1.29 is 9.59 Å². The lowest BCUT2D eigenvalue weighted by Crippen LogP contribution is -2.32. The van der Waals surface area contributed by atoms with Gasteiger partial charge in [0, 0.05) is 39.0 Å². The summed E-state index contributed by atoms with van der Waals surface area (Å²) in [6.07, 6.45) is 6.04. The summed E-state index contributed by atoms with van der Waals surface area (Å²) in [6, 6.07) is 10.4. The number of amides is 2. The molecule has 2 heterocycles. The first-order valence-electron chi connectivity index (χ1n) is 8.69. The van der Waals surface area contributed by atoms with Crippen molar-refractivity contribution in [3.05, 3.63) is 54.1 Å². The second-order valence-electron chi connectivity index (χ2n) is 6.52. The van der Waals surface area contributed by atoms with E-state index < -0.39 is 0 Å². The zero-order valence-corrected chi connectivity index (χ0v) is 14.5. The number of aryl methyl sites for hydroxylation is 2. The van der Waals surface area contributed by atoms with E-state index >= 15 is 0 Å². The molecule has 25 heavy (non-hydrogen) atoms. The number of aromatic nitrogens is 2. The van der Waals surface area contributed by atoms with Crippen LogP contribution >= 0.6 is 0 Å². The lowest BCUT2D eigenvalue weighted by molar-refractivity contribution is -0.128. The number of carbonyl (C=O) groups is 2. The van der Waals surface area contributed by atoms with Crippen LogP contribution in [0.2, 0.25) is 0 Å². The van der Waals surface area contributed by atoms with Gasteiger partial charge in [0.1, 0.15) is 5.82 Å². The first-order chi connectivity index (χ1) is 12.1. The molecular formula is C19H24N4O2. The average molecular weight is 340 g/mol. The van der Waals surface area contributed by atoms with Crippen molar-refractivity contribution in [2.75, 3.05) is 13.6 Å². The van der Waals surface area contributed by atoms with Gasteiger partial charge in [-0.2, -0.15) is 0 Å². The average Bonchev–Trinajstić information content (AvgIpc) is 3.20. The topological polar surface area (TPSA) is 67.2 Å². The molecule has 1 aromatic carbocycles. The van der Waals surface area contributed by atoms with E-state index in [0.717, 1.165) is 25.2 Å². The summed E-state index contributed by atoms with van der Waals surface area (Å²) in [6.45, 7) is 1.76. The van der Waals surface area contributed by atoms with Gasteiger partial charge in [0.15, 0.2) is 0 Å². The molecule has 2 amide bonds. The van der Waals surface area contributed by atoms with Crippen LogP contribution in [0.3, 0.4) is 0 Å². The number of rotatable bonds is 7. The summed E-state index contributed by atoms with van der Waals surface area (Å²) >= 11 is 0. The van der Waals surface area contributed by atoms with Crippen molar-refractivity contribution in [2.24, 2.45) is 5.92 Å². The van der Waals surface area contributed by atoms with Crippen molar-refractivity contribution in [3.8, 4) is 0 Å². The van der Waals surface area contributed by atoms with Crippen molar-refractivity contribution in [2.45, 2.75) is 32.4 Å². The molecule has 6 heteroatoms. The molecular weight excluding hydrogens is 316 g/mol. The fraction of sp³-hybridized carbons (Fsp3) is 0.421. The number of nitrogens with one attached hydrogen (secondary N) is 1. The smallest absolute Gasteiger partial charge is 0.225 e. The Morgan fingerprint density at radius 2 is 2.12 bits per heavy atom. The minimum absolute atomic E-state index is 0.0302. The lowest BCUT2D eigenvalue weighted by Gasteiger charge is -2.12. The maximum atomic E-state index is 12.2. The maximum Gasteiger partial charge on any atom is 0.225 e. The molecule has 0 aliphatic carbocycles. The fourth-order valence-electron chi connectivity index (χ4n) is 3.16. The Kier molecular flexibility index (Phi) is 5.48. The third kappa shape index (κ3) is 4.47. The number of carbonyl (C=O) groups excluding carboxylic acids is 2. The number of hydrogen-bond donors (Lipinski definition) is 1. The number of benzene rings is 1. The van der Waals surface area contributed by atoms with Crippen molar-refractivity contribution in [3.63, 3.8) is 0 Å². The number of nitrogens with zero attached hydrogens (tertiary/aromatic N) is 3. The van der Waals surface area contributed by atoms with Crippen molar-refractivity contribution in [1.82, 2.24) is 19.8 Å². The maximum absolute atomic E-state index is 12.2. The van der Waals surface area contributed by atoms with Gasteiger partial charge in [-0.3, -0.25) is 9.59 Å². The highest BCUT2D eigenvalue weighted by molar-refractivity contribution is 5.89. The molecule has 1 aliphatic heterocycles. The van der Waals surface area contributed by atoms with Crippen LogP contribution in [0, 0.1) is 5.92 Å². The van der Waals surface area contributed by atoms with Crippen LogP contribution in [0.25, 0.3) is 0 Å². The van der Waals surface area contributed by atoms with E-state index in [-0.39, 0.29) is 17.7 Å². The van der Waals surface area contributed by atoms with Crippen LogP contribution in [-0.2, 0) is 29.1 Å². The molecule has 132 valence electrons. The summed E-state index contributed by atoms with van der Waals surface area (Å²) in [7, 11) is 1.73. The van der Waals surface area contributed by atoms with Crippen LogP contribution in [-0.4, -0.2) is 39.9 Å². The van der Waals surface area contributed by atoms with E-state index in [1.807, 2.05) is 12.3 Å². The summed E-state index contributed by atoms with van der Waals surface area (Å²) in [5.41, 5.74) is 1.33. The Bertz CT molecular complexity index is 726. The summed E-state index contributed by atoms with van der Waals surface area (Å²) < 4.78 is 2.08. The van der Waals surface area contributed by atoms with E-state index in [9.17, 15) is 9.59 Å². The molecule has 2 aromatic rings. The van der Waals surface area contributed by atoms with E-state index in [0.29, 0.717) is 19.5 Å². The monoisotopic (exact) mass is 340 g/mol. The van der Waals surface area contributed by atoms with Crippen LogP contribution < -0.4 is 5.32 Å². The van der Waals surface area contributed by atoms with Gasteiger partial charge in [-0.15, -0.1) is 0 Å². The van der Waals surface area contributed by atoms with Gasteiger partial charge in [-0.1, -0.05) is 30.3 Å². The summed E-state index contributed by atoms with van der Waals surface area (Å²) in [4.78, 5) is 29.7. The quantitative estimate of drug-likeness (QED) is 0.833. The number of hydrogen-bond acceptors (Lipinski definition) is 3. The molecule has 0 saturated carbocycles. The minimum Gasteiger partial charge on any atom is -0.349 e. The molecule has 0 unspecified atom stereocenters. The van der Waals surface area contributed by atoms with Crippen LogP contribution in [0.4, 0.5) is 0 Å². The Morgan fingerprint density at radius 1 is 1.32 bits per heavy atom. The molecule has 1 fully saturated rings. The molecule has 0 bridgehead atoms. The first kappa shape index (κ1) is 17.2. The molecule has 1 aliphatic rings. The van der Waals surface area contributed by atoms with Crippen LogP contribution in [0.15, 0.2) is 42.7 Å². The summed E-state index contributed by atoms with van der Waals surface area (Å²) in [5, 5.41) is 2.92. The highest BCUT2D eigenvalue weighted by Gasteiger charge is 2.31. The fourth-order valence-corrected chi connectivity index (χ4v) is 3.16. The Labute approximate surface area is 147 Å². The summed E-state index contributed by atoms with van der Waals surface area (Å²) in [5.74, 6) is 0.553. The normalized spacial score (nSPS) is 17.1. The van der Waals surface area contributed by atoms with Gasteiger partial charge in [-0.05, 0) is 18.4 Å². The Balaban J connectivity index is 1.47. The number of likely N-dealkylation sites (tertiary alicyclic amines) is 1. The van der Waals surface area contributed by atoms with Crippen LogP contribution in [0.1, 0.15) is 24.2 Å². The zero-order chi connectivity index (χ0) is 17.6. The van der Waals surface area contributed by atoms with Gasteiger partial charge >= 0.3 is 0 Å². The van der Waals surface area contributed by atoms with Crippen LogP contribution in [0.5, 0.6) is 0 Å². The van der Waals surface area contributed by atoms with Crippen molar-refractivity contribution >= 4 is 11.8 Å². The van der Waals surface area contributed by atoms with Gasteiger partial charge in [0.25, 0.3) is 0 Å². The third-order valence-electron chi connectivity index (χ3n) is 4.64. The van der Waals surface area contributed by atoms with E-state index in [2.05, 4.69) is 39.1 Å². The molecule has 1 N–H and O–H groups in total. The largest absolute Gasteiger partial charge is 0.349 e. The molecule has 1 saturated heterocycles. The Morgan fingerprint density at radius 3 is 2.84 bits per heavy atom. The standard InChI is InChI=1S/C19H24N4O2/c1-22-14-16(12-18(22)24)19(25)21-13-17-20-9-11-23(17)10-5-8-15-6-3-2-4-7-15/h2-4,6-7,9,11,16H,5,8,10,12-14H2,1H3,(H,21,25)/t16-/m1/s1. The predicted octanol–water partition coefficient (Wildman–Crippen LogP) is 1.61. The van der Waals surface area contributed by atoms with Crippen molar-refractivity contribution in [1.29, 1.82) is 0 Å². The zero-order valence-electron chi connectivity index (χ0n) is 14.5. The van der Waals surface area contributed by atoms with Gasteiger partial charge in [0.2, 0.25) is 11.8 Å². The second-order valence-corrected chi connectivity index (χ2v) is 6.52. The van der Waals surface area contributed by atoms with E-state index in [4.69, 9.17) is 0 Å². The predicted molar refractivity (Wildman–Crippen MR) is 94.6 cm³/mol. The third-order valence-corrected chi connectivity index (χ3v) is 4.64. The first-order valence-corrected chi connectivity index (χ1v) is 8.69. The molecule has 1 atom stereocenters. The SMILES string of the molecule is CN1C[C@H](C(=O)NCc2nccn2CCCc2ccccc2)CC1=O. The highest BCUT2D eigenvalue weighted by Crippen LogP contribution is 2.16. The highest BCUT2D eigenvalue weighted by atomic mass is 16.2. The lowest BCUT2D eigenvalue weighted by atomic mass is 10.1. The Hall–Kier alpha value is -2.63. The molecule has 1 aromatic heterocycles. The van der Waals surface area contributed by atoms with Gasteiger partial charge in [-0.25, -0.2) is 4.98 Å². The minimum atomic E-state index is -0.251. The van der Waals surface area contributed by atoms with Gasteiger partial charge < -0.3 is 14.8 Å². The van der Waals surface area contributed by atoms with Gasteiger partial charge in [0.05, 0.1) is 12.5 Å². The molecule has 6 nitrogen and oxygen atoms in total. The molecule has 0 radical (unpaired) electrons. The molecule has 0 spiro atoms. The number of imidazole rings is 1. The van der Waals surface area contributed by atoms with E-state index in [1.54, 1.807) is 18.1 Å². The second kappa shape index (κ2) is 7.96.